The second-order valence-electron chi connectivity index (χ2n) is 5.21. The van der Waals surface area contributed by atoms with Gasteiger partial charge in [0.05, 0.1) is 6.61 Å². The van der Waals surface area contributed by atoms with Gasteiger partial charge in [0.25, 0.3) is 6.47 Å². The fourth-order valence-corrected chi connectivity index (χ4v) is 1.50. The molecule has 0 radical (unpaired) electrons. The smallest absolute Gasteiger partial charge is 0.293 e. The number of carbonyl (C=O) groups is 1. The molecule has 0 aromatic carbocycles. The van der Waals surface area contributed by atoms with Crippen LogP contribution in [0.4, 0.5) is 0 Å². The molecule has 0 bridgehead atoms. The average Bonchev–Trinajstić information content (AvgIpc) is 2.17. The largest absolute Gasteiger partial charge is 0.462 e. The third-order valence-electron chi connectivity index (χ3n) is 2.27. The summed E-state index contributed by atoms with van der Waals surface area (Å²) < 4.78 is 4.55. The molecule has 5 nitrogen and oxygen atoms in total. The minimum atomic E-state index is -0.318. The van der Waals surface area contributed by atoms with Crippen molar-refractivity contribution in [3.8, 4) is 0 Å². The van der Waals surface area contributed by atoms with Crippen LogP contribution in [0.15, 0.2) is 0 Å². The molecule has 1 aliphatic heterocycles. The van der Waals surface area contributed by atoms with Crippen molar-refractivity contribution in [2.24, 2.45) is 0 Å². The van der Waals surface area contributed by atoms with Crippen LogP contribution in [-0.4, -0.2) is 60.9 Å². The molecule has 1 rings (SSSR count). The lowest BCUT2D eigenvalue weighted by Gasteiger charge is -2.31. The van der Waals surface area contributed by atoms with Crippen molar-refractivity contribution < 1.29 is 14.6 Å². The third kappa shape index (κ3) is 10.2. The Kier molecular flexibility index (Phi) is 8.12. The van der Waals surface area contributed by atoms with Gasteiger partial charge >= 0.3 is 0 Å². The normalized spacial score (nSPS) is 21.4. The van der Waals surface area contributed by atoms with Gasteiger partial charge in [-0.25, -0.2) is 0 Å². The van der Waals surface area contributed by atoms with Crippen LogP contribution in [0.2, 0.25) is 0 Å². The Balaban J connectivity index is 0.000000325. The Labute approximate surface area is 104 Å². The van der Waals surface area contributed by atoms with Crippen molar-refractivity contribution in [2.75, 3.05) is 32.8 Å². The van der Waals surface area contributed by atoms with Gasteiger partial charge in [0, 0.05) is 32.2 Å². The van der Waals surface area contributed by atoms with Crippen LogP contribution in [0.3, 0.4) is 0 Å². The summed E-state index contributed by atoms with van der Waals surface area (Å²) in [5, 5.41) is 12.0. The van der Waals surface area contributed by atoms with E-state index in [0.717, 1.165) is 26.2 Å². The first-order valence-electron chi connectivity index (χ1n) is 6.07. The topological polar surface area (TPSA) is 61.8 Å². The first kappa shape index (κ1) is 16.4. The molecule has 102 valence electrons. The van der Waals surface area contributed by atoms with E-state index in [1.807, 2.05) is 20.8 Å². The number of aliphatic hydroxyl groups excluding tert-OH is 1. The van der Waals surface area contributed by atoms with E-state index < -0.39 is 0 Å². The maximum Gasteiger partial charge on any atom is 0.293 e. The van der Waals surface area contributed by atoms with Gasteiger partial charge in [0.1, 0.15) is 5.60 Å². The van der Waals surface area contributed by atoms with Crippen molar-refractivity contribution in [2.45, 2.75) is 39.3 Å². The standard InChI is InChI=1S/C7H16N2O.C5H10O2/c1-7-6-9(4-5-10)3-2-8-7;1-5(2,3)7-4-6/h7-8,10H,2-6H2,1H3;4H,1-3H3. The number of rotatable bonds is 3. The minimum absolute atomic E-state index is 0.284. The van der Waals surface area contributed by atoms with Crippen molar-refractivity contribution in [1.82, 2.24) is 10.2 Å². The Morgan fingerprint density at radius 1 is 1.53 bits per heavy atom. The number of aliphatic hydroxyl groups is 1. The summed E-state index contributed by atoms with van der Waals surface area (Å²) in [6, 6.07) is 0.584. The molecule has 17 heavy (non-hydrogen) atoms. The second-order valence-corrected chi connectivity index (χ2v) is 5.21. The lowest BCUT2D eigenvalue weighted by molar-refractivity contribution is -0.138. The number of hydrogen-bond acceptors (Lipinski definition) is 5. The van der Waals surface area contributed by atoms with E-state index in [2.05, 4.69) is 21.9 Å². The number of β-amino-alcohol motifs (C(OH)–C–C–N with tert-alkyl or cyclic N) is 1. The van der Waals surface area contributed by atoms with Crippen molar-refractivity contribution >= 4 is 6.47 Å². The zero-order valence-corrected chi connectivity index (χ0v) is 11.4. The predicted molar refractivity (Wildman–Crippen MR) is 67.9 cm³/mol. The van der Waals surface area contributed by atoms with Gasteiger partial charge in [0.2, 0.25) is 0 Å². The van der Waals surface area contributed by atoms with E-state index in [1.54, 1.807) is 0 Å². The molecule has 2 N–H and O–H groups in total. The SMILES string of the molecule is CC(C)(C)OC=O.CC1CN(CCO)CCN1. The van der Waals surface area contributed by atoms with Gasteiger partial charge < -0.3 is 15.2 Å². The first-order valence-corrected chi connectivity index (χ1v) is 6.07. The molecule has 1 fully saturated rings. The van der Waals surface area contributed by atoms with Crippen LogP contribution in [-0.2, 0) is 9.53 Å². The fraction of sp³-hybridized carbons (Fsp3) is 0.917. The van der Waals surface area contributed by atoms with Crippen LogP contribution >= 0.6 is 0 Å². The Bertz CT molecular complexity index is 202. The fourth-order valence-electron chi connectivity index (χ4n) is 1.50. The molecule has 1 aliphatic rings. The molecule has 5 heteroatoms. The second kappa shape index (κ2) is 8.44. The lowest BCUT2D eigenvalue weighted by Crippen LogP contribution is -2.49. The number of nitrogens with one attached hydrogen (secondary N) is 1. The van der Waals surface area contributed by atoms with Crippen molar-refractivity contribution in [1.29, 1.82) is 0 Å². The molecule has 0 spiro atoms. The number of hydrogen-bond donors (Lipinski definition) is 2. The van der Waals surface area contributed by atoms with Crippen molar-refractivity contribution in [3.63, 3.8) is 0 Å². The monoisotopic (exact) mass is 246 g/mol. The van der Waals surface area contributed by atoms with Crippen LogP contribution in [0.5, 0.6) is 0 Å². The molecule has 0 aliphatic carbocycles. The molecule has 1 atom stereocenters. The average molecular weight is 246 g/mol. The Morgan fingerprint density at radius 2 is 2.18 bits per heavy atom. The van der Waals surface area contributed by atoms with Crippen LogP contribution in [0.25, 0.3) is 0 Å². The molecule has 0 aromatic heterocycles. The maximum atomic E-state index is 9.60. The molecule has 1 saturated heterocycles. The van der Waals surface area contributed by atoms with Crippen LogP contribution < -0.4 is 5.32 Å². The molecule has 0 saturated carbocycles. The summed E-state index contributed by atoms with van der Waals surface area (Å²) in [6.07, 6.45) is 0. The summed E-state index contributed by atoms with van der Waals surface area (Å²) in [5.74, 6) is 0. The number of carbonyl (C=O) groups excluding carboxylic acids is 1. The van der Waals surface area contributed by atoms with Gasteiger partial charge in [-0.15, -0.1) is 0 Å². The van der Waals surface area contributed by atoms with Crippen LogP contribution in [0.1, 0.15) is 27.7 Å². The third-order valence-corrected chi connectivity index (χ3v) is 2.27. The van der Waals surface area contributed by atoms with E-state index in [4.69, 9.17) is 5.11 Å². The lowest BCUT2D eigenvalue weighted by atomic mass is 10.2. The Hall–Kier alpha value is -0.650. The van der Waals surface area contributed by atoms with E-state index in [0.29, 0.717) is 12.5 Å². The minimum Gasteiger partial charge on any atom is -0.462 e. The molecular formula is C12H26N2O3. The zero-order chi connectivity index (χ0) is 13.3. The maximum absolute atomic E-state index is 9.60. The van der Waals surface area contributed by atoms with E-state index in [-0.39, 0.29) is 12.2 Å². The molecule has 0 aromatic rings. The van der Waals surface area contributed by atoms with Gasteiger partial charge in [-0.05, 0) is 27.7 Å². The number of nitrogens with zero attached hydrogens (tertiary/aromatic N) is 1. The molecule has 1 heterocycles. The van der Waals surface area contributed by atoms with Crippen molar-refractivity contribution in [3.05, 3.63) is 0 Å². The zero-order valence-electron chi connectivity index (χ0n) is 11.4. The highest BCUT2D eigenvalue weighted by Crippen LogP contribution is 2.02. The highest BCUT2D eigenvalue weighted by atomic mass is 16.5. The van der Waals surface area contributed by atoms with Crippen LogP contribution in [0, 0.1) is 0 Å². The molecule has 0 amide bonds. The van der Waals surface area contributed by atoms with Gasteiger partial charge in [0.15, 0.2) is 0 Å². The molecular weight excluding hydrogens is 220 g/mol. The first-order chi connectivity index (χ1) is 7.89. The van der Waals surface area contributed by atoms with Gasteiger partial charge in [-0.3, -0.25) is 9.69 Å². The summed E-state index contributed by atoms with van der Waals surface area (Å²) in [7, 11) is 0. The van der Waals surface area contributed by atoms with E-state index >= 15 is 0 Å². The van der Waals surface area contributed by atoms with Gasteiger partial charge in [-0.2, -0.15) is 0 Å². The summed E-state index contributed by atoms with van der Waals surface area (Å²) in [4.78, 5) is 11.9. The van der Waals surface area contributed by atoms with Gasteiger partial charge in [-0.1, -0.05) is 0 Å². The predicted octanol–water partition coefficient (Wildman–Crippen LogP) is 0.230. The van der Waals surface area contributed by atoms with E-state index in [9.17, 15) is 4.79 Å². The Morgan fingerprint density at radius 3 is 2.53 bits per heavy atom. The highest BCUT2D eigenvalue weighted by molar-refractivity contribution is 5.37. The number of ether oxygens (including phenoxy) is 1. The quantitative estimate of drug-likeness (QED) is 0.698. The highest BCUT2D eigenvalue weighted by Gasteiger charge is 2.13. The number of piperazine rings is 1. The summed E-state index contributed by atoms with van der Waals surface area (Å²) in [5.41, 5.74) is -0.318. The summed E-state index contributed by atoms with van der Waals surface area (Å²) >= 11 is 0. The molecule has 1 unspecified atom stereocenters. The summed E-state index contributed by atoms with van der Waals surface area (Å²) in [6.45, 7) is 12.4. The van der Waals surface area contributed by atoms with E-state index in [1.165, 1.54) is 0 Å².